The molecule has 0 saturated heterocycles. The zero-order valence-corrected chi connectivity index (χ0v) is 7.18. The SMILES string of the molecule is C/C=C\C(=C\C)N=C(C)C. The van der Waals surface area contributed by atoms with Crippen molar-refractivity contribution in [3.05, 3.63) is 23.9 Å². The van der Waals surface area contributed by atoms with Gasteiger partial charge in [0.25, 0.3) is 0 Å². The molecule has 0 N–H and O–H groups in total. The first-order valence-electron chi connectivity index (χ1n) is 3.51. The van der Waals surface area contributed by atoms with Crippen LogP contribution in [0.3, 0.4) is 0 Å². The molecule has 56 valence electrons. The van der Waals surface area contributed by atoms with E-state index in [1.54, 1.807) is 0 Å². The topological polar surface area (TPSA) is 12.4 Å². The van der Waals surface area contributed by atoms with Crippen molar-refractivity contribution < 1.29 is 0 Å². The first-order chi connectivity index (χ1) is 4.70. The van der Waals surface area contributed by atoms with Crippen LogP contribution in [0.5, 0.6) is 0 Å². The van der Waals surface area contributed by atoms with Crippen LogP contribution >= 0.6 is 0 Å². The molecule has 0 rings (SSSR count). The first-order valence-corrected chi connectivity index (χ1v) is 3.51. The fourth-order valence-corrected chi connectivity index (χ4v) is 0.627. The molecular formula is C9H15N. The van der Waals surface area contributed by atoms with Crippen LogP contribution < -0.4 is 0 Å². The highest BCUT2D eigenvalue weighted by Gasteiger charge is 1.82. The second-order valence-electron chi connectivity index (χ2n) is 2.27. The van der Waals surface area contributed by atoms with Gasteiger partial charge < -0.3 is 0 Å². The lowest BCUT2D eigenvalue weighted by Crippen LogP contribution is -1.81. The minimum Gasteiger partial charge on any atom is -0.259 e. The summed E-state index contributed by atoms with van der Waals surface area (Å²) in [5.41, 5.74) is 2.12. The molecule has 0 aromatic carbocycles. The molecule has 0 atom stereocenters. The van der Waals surface area contributed by atoms with Gasteiger partial charge in [0.2, 0.25) is 0 Å². The van der Waals surface area contributed by atoms with E-state index in [4.69, 9.17) is 0 Å². The summed E-state index contributed by atoms with van der Waals surface area (Å²) in [5, 5.41) is 0. The van der Waals surface area contributed by atoms with Gasteiger partial charge in [0.05, 0.1) is 5.70 Å². The average Bonchev–Trinajstić information content (AvgIpc) is 1.86. The molecule has 0 aliphatic carbocycles. The number of hydrogen-bond acceptors (Lipinski definition) is 1. The highest BCUT2D eigenvalue weighted by molar-refractivity contribution is 5.80. The van der Waals surface area contributed by atoms with E-state index in [-0.39, 0.29) is 0 Å². The van der Waals surface area contributed by atoms with Crippen LogP contribution in [0.1, 0.15) is 27.7 Å². The van der Waals surface area contributed by atoms with E-state index in [0.717, 1.165) is 11.4 Å². The molecule has 0 unspecified atom stereocenters. The molecule has 0 aromatic rings. The van der Waals surface area contributed by atoms with Crippen molar-refractivity contribution in [2.24, 2.45) is 4.99 Å². The Bertz CT molecular complexity index is 169. The number of rotatable bonds is 2. The Labute approximate surface area is 63.2 Å². The molecule has 0 bridgehead atoms. The molecule has 0 spiro atoms. The van der Waals surface area contributed by atoms with Gasteiger partial charge in [0.15, 0.2) is 0 Å². The van der Waals surface area contributed by atoms with Crippen LogP contribution in [0.15, 0.2) is 28.9 Å². The fraction of sp³-hybridized carbons (Fsp3) is 0.444. The van der Waals surface area contributed by atoms with Crippen molar-refractivity contribution in [1.29, 1.82) is 0 Å². The second kappa shape index (κ2) is 4.98. The van der Waals surface area contributed by atoms with Gasteiger partial charge in [-0.2, -0.15) is 0 Å². The van der Waals surface area contributed by atoms with Gasteiger partial charge in [-0.25, -0.2) is 0 Å². The van der Waals surface area contributed by atoms with E-state index < -0.39 is 0 Å². The number of nitrogens with zero attached hydrogens (tertiary/aromatic N) is 1. The van der Waals surface area contributed by atoms with E-state index in [9.17, 15) is 0 Å². The molecule has 1 nitrogen and oxygen atoms in total. The van der Waals surface area contributed by atoms with Crippen LogP contribution in [0.2, 0.25) is 0 Å². The fourth-order valence-electron chi connectivity index (χ4n) is 0.627. The lowest BCUT2D eigenvalue weighted by Gasteiger charge is -1.91. The van der Waals surface area contributed by atoms with Crippen LogP contribution in [-0.4, -0.2) is 5.71 Å². The van der Waals surface area contributed by atoms with Gasteiger partial charge in [-0.05, 0) is 33.8 Å². The smallest absolute Gasteiger partial charge is 0.0582 e. The largest absolute Gasteiger partial charge is 0.259 e. The summed E-state index contributed by atoms with van der Waals surface area (Å²) in [4.78, 5) is 4.28. The Morgan fingerprint density at radius 1 is 1.20 bits per heavy atom. The molecule has 0 radical (unpaired) electrons. The maximum absolute atomic E-state index is 4.28. The minimum atomic E-state index is 1.03. The summed E-state index contributed by atoms with van der Waals surface area (Å²) in [6.07, 6.45) is 5.97. The van der Waals surface area contributed by atoms with E-state index >= 15 is 0 Å². The van der Waals surface area contributed by atoms with Gasteiger partial charge in [-0.3, -0.25) is 4.99 Å². The van der Waals surface area contributed by atoms with Crippen LogP contribution in [0.4, 0.5) is 0 Å². The Hall–Kier alpha value is -0.850. The van der Waals surface area contributed by atoms with E-state index in [1.807, 2.05) is 45.9 Å². The molecule has 0 fully saturated rings. The van der Waals surface area contributed by atoms with Gasteiger partial charge >= 0.3 is 0 Å². The Morgan fingerprint density at radius 2 is 1.80 bits per heavy atom. The predicted molar refractivity (Wildman–Crippen MR) is 47.4 cm³/mol. The van der Waals surface area contributed by atoms with Gasteiger partial charge in [0.1, 0.15) is 0 Å². The zero-order valence-electron chi connectivity index (χ0n) is 7.18. The predicted octanol–water partition coefficient (Wildman–Crippen LogP) is 2.95. The molecular weight excluding hydrogens is 122 g/mol. The minimum absolute atomic E-state index is 1.03. The monoisotopic (exact) mass is 137 g/mol. The van der Waals surface area contributed by atoms with Gasteiger partial charge in [-0.15, -0.1) is 0 Å². The maximum Gasteiger partial charge on any atom is 0.0582 e. The van der Waals surface area contributed by atoms with Crippen molar-refractivity contribution in [1.82, 2.24) is 0 Å². The Morgan fingerprint density at radius 3 is 2.10 bits per heavy atom. The van der Waals surface area contributed by atoms with E-state index in [0.29, 0.717) is 0 Å². The quantitative estimate of drug-likeness (QED) is 0.410. The Kier molecular flexibility index (Phi) is 4.55. The molecule has 0 aliphatic heterocycles. The summed E-state index contributed by atoms with van der Waals surface area (Å²) in [7, 11) is 0. The van der Waals surface area contributed by atoms with Crippen molar-refractivity contribution in [3.8, 4) is 0 Å². The Balaban J connectivity index is 4.26. The second-order valence-corrected chi connectivity index (χ2v) is 2.27. The summed E-state index contributed by atoms with van der Waals surface area (Å²) >= 11 is 0. The lowest BCUT2D eigenvalue weighted by molar-refractivity contribution is 1.35. The van der Waals surface area contributed by atoms with E-state index in [1.165, 1.54) is 0 Å². The maximum atomic E-state index is 4.28. The summed E-state index contributed by atoms with van der Waals surface area (Å²) < 4.78 is 0. The lowest BCUT2D eigenvalue weighted by atomic mass is 10.3. The highest BCUT2D eigenvalue weighted by atomic mass is 14.7. The summed E-state index contributed by atoms with van der Waals surface area (Å²) in [6, 6.07) is 0. The third kappa shape index (κ3) is 4.07. The number of aliphatic imine (C=N–C) groups is 1. The van der Waals surface area contributed by atoms with Gasteiger partial charge in [-0.1, -0.05) is 12.2 Å². The standard InChI is InChI=1S/C9H15N/c1-5-7-9(6-2)10-8(3)4/h5-7H,1-4H3/b7-5-,9-6-. The summed E-state index contributed by atoms with van der Waals surface area (Å²) in [6.45, 7) is 7.96. The normalized spacial score (nSPS) is 12.2. The molecule has 0 aromatic heterocycles. The van der Waals surface area contributed by atoms with Crippen LogP contribution in [0, 0.1) is 0 Å². The average molecular weight is 137 g/mol. The molecule has 0 amide bonds. The number of hydrogen-bond donors (Lipinski definition) is 0. The van der Waals surface area contributed by atoms with Crippen molar-refractivity contribution in [3.63, 3.8) is 0 Å². The molecule has 0 heterocycles. The number of allylic oxidation sites excluding steroid dienone is 3. The zero-order chi connectivity index (χ0) is 7.98. The molecule has 0 saturated carbocycles. The first kappa shape index (κ1) is 9.15. The highest BCUT2D eigenvalue weighted by Crippen LogP contribution is 1.98. The third-order valence-electron chi connectivity index (χ3n) is 0.986. The van der Waals surface area contributed by atoms with Crippen LogP contribution in [-0.2, 0) is 0 Å². The third-order valence-corrected chi connectivity index (χ3v) is 0.986. The van der Waals surface area contributed by atoms with Crippen LogP contribution in [0.25, 0.3) is 0 Å². The van der Waals surface area contributed by atoms with Crippen molar-refractivity contribution in [2.75, 3.05) is 0 Å². The molecule has 10 heavy (non-hydrogen) atoms. The molecule has 1 heteroatoms. The van der Waals surface area contributed by atoms with E-state index in [2.05, 4.69) is 4.99 Å². The van der Waals surface area contributed by atoms with Gasteiger partial charge in [0, 0.05) is 5.71 Å². The van der Waals surface area contributed by atoms with Crippen molar-refractivity contribution >= 4 is 5.71 Å². The molecule has 0 aliphatic rings. The summed E-state index contributed by atoms with van der Waals surface area (Å²) in [5.74, 6) is 0. The van der Waals surface area contributed by atoms with Crippen molar-refractivity contribution in [2.45, 2.75) is 27.7 Å².